The monoisotopic (exact) mass is 333 g/mol. The molecule has 0 aliphatic heterocycles. The van der Waals surface area contributed by atoms with Crippen molar-refractivity contribution in [1.82, 2.24) is 9.80 Å². The predicted octanol–water partition coefficient (Wildman–Crippen LogP) is 2.60. The number of likely N-dealkylation sites (N-methyl/N-ethyl adjacent to an activating group) is 2. The van der Waals surface area contributed by atoms with E-state index in [0.717, 1.165) is 28.1 Å². The first kappa shape index (κ1) is 15.9. The SMILES string of the molecule is CN(C)CCN(C)C(CN)c1cc(Cl)ccc1Br. The maximum Gasteiger partial charge on any atom is 0.0479 e. The average Bonchev–Trinajstić information content (AvgIpc) is 2.32. The largest absolute Gasteiger partial charge is 0.329 e. The van der Waals surface area contributed by atoms with Crippen LogP contribution in [-0.4, -0.2) is 50.6 Å². The molecule has 0 radical (unpaired) electrons. The summed E-state index contributed by atoms with van der Waals surface area (Å²) in [4.78, 5) is 4.42. The van der Waals surface area contributed by atoms with Gasteiger partial charge in [0, 0.05) is 35.2 Å². The molecule has 0 aliphatic rings. The zero-order chi connectivity index (χ0) is 13.7. The molecule has 0 heterocycles. The fourth-order valence-corrected chi connectivity index (χ4v) is 2.52. The van der Waals surface area contributed by atoms with E-state index < -0.39 is 0 Å². The summed E-state index contributed by atoms with van der Waals surface area (Å²) in [6.45, 7) is 2.54. The molecule has 2 N–H and O–H groups in total. The molecular weight excluding hydrogens is 314 g/mol. The summed E-state index contributed by atoms with van der Waals surface area (Å²) in [5, 5.41) is 0.743. The molecule has 1 aromatic carbocycles. The van der Waals surface area contributed by atoms with Crippen molar-refractivity contribution in [2.75, 3.05) is 40.8 Å². The Morgan fingerprint density at radius 1 is 1.28 bits per heavy atom. The lowest BCUT2D eigenvalue weighted by Crippen LogP contribution is -2.35. The molecule has 1 unspecified atom stereocenters. The molecule has 0 aromatic heterocycles. The van der Waals surface area contributed by atoms with Crippen LogP contribution in [-0.2, 0) is 0 Å². The quantitative estimate of drug-likeness (QED) is 0.868. The van der Waals surface area contributed by atoms with E-state index in [1.807, 2.05) is 18.2 Å². The van der Waals surface area contributed by atoms with Crippen molar-refractivity contribution in [3.8, 4) is 0 Å². The van der Waals surface area contributed by atoms with Crippen molar-refractivity contribution in [3.05, 3.63) is 33.3 Å². The van der Waals surface area contributed by atoms with Gasteiger partial charge in [0.05, 0.1) is 0 Å². The highest BCUT2D eigenvalue weighted by atomic mass is 79.9. The fraction of sp³-hybridized carbons (Fsp3) is 0.538. The summed E-state index contributed by atoms with van der Waals surface area (Å²) in [7, 11) is 6.23. The lowest BCUT2D eigenvalue weighted by Gasteiger charge is -2.29. The van der Waals surface area contributed by atoms with Crippen LogP contribution in [0.15, 0.2) is 22.7 Å². The van der Waals surface area contributed by atoms with Gasteiger partial charge < -0.3 is 10.6 Å². The van der Waals surface area contributed by atoms with Crippen molar-refractivity contribution in [2.45, 2.75) is 6.04 Å². The highest BCUT2D eigenvalue weighted by Gasteiger charge is 2.18. The van der Waals surface area contributed by atoms with E-state index in [9.17, 15) is 0 Å². The number of benzene rings is 1. The van der Waals surface area contributed by atoms with Crippen molar-refractivity contribution in [1.29, 1.82) is 0 Å². The minimum atomic E-state index is 0.179. The van der Waals surface area contributed by atoms with Crippen LogP contribution in [0.5, 0.6) is 0 Å². The van der Waals surface area contributed by atoms with Crippen LogP contribution in [0.1, 0.15) is 11.6 Å². The molecule has 1 rings (SSSR count). The van der Waals surface area contributed by atoms with Crippen LogP contribution in [0.25, 0.3) is 0 Å². The van der Waals surface area contributed by atoms with E-state index in [-0.39, 0.29) is 6.04 Å². The van der Waals surface area contributed by atoms with Gasteiger partial charge in [0.2, 0.25) is 0 Å². The summed E-state index contributed by atoms with van der Waals surface area (Å²) >= 11 is 9.63. The second-order valence-electron chi connectivity index (χ2n) is 4.70. The summed E-state index contributed by atoms with van der Waals surface area (Å²) in [5.41, 5.74) is 7.06. The van der Waals surface area contributed by atoms with Gasteiger partial charge in [-0.1, -0.05) is 27.5 Å². The fourth-order valence-electron chi connectivity index (χ4n) is 1.83. The van der Waals surface area contributed by atoms with Crippen LogP contribution in [0.4, 0.5) is 0 Å². The Hall–Kier alpha value is -0.130. The summed E-state index contributed by atoms with van der Waals surface area (Å²) in [6.07, 6.45) is 0. The van der Waals surface area contributed by atoms with E-state index in [0.29, 0.717) is 6.54 Å². The van der Waals surface area contributed by atoms with Gasteiger partial charge in [0.1, 0.15) is 0 Å². The molecule has 1 aromatic rings. The number of hydrogen-bond donors (Lipinski definition) is 1. The number of nitrogens with zero attached hydrogens (tertiary/aromatic N) is 2. The first-order chi connectivity index (χ1) is 8.45. The Morgan fingerprint density at radius 3 is 2.50 bits per heavy atom. The Labute approximate surface area is 123 Å². The first-order valence-electron chi connectivity index (χ1n) is 5.95. The van der Waals surface area contributed by atoms with Gasteiger partial charge in [0.25, 0.3) is 0 Å². The molecule has 18 heavy (non-hydrogen) atoms. The lowest BCUT2D eigenvalue weighted by atomic mass is 10.1. The van der Waals surface area contributed by atoms with Crippen molar-refractivity contribution < 1.29 is 0 Å². The van der Waals surface area contributed by atoms with Crippen LogP contribution >= 0.6 is 27.5 Å². The van der Waals surface area contributed by atoms with Crippen LogP contribution < -0.4 is 5.73 Å². The van der Waals surface area contributed by atoms with E-state index in [2.05, 4.69) is 46.9 Å². The number of hydrogen-bond acceptors (Lipinski definition) is 3. The van der Waals surface area contributed by atoms with E-state index >= 15 is 0 Å². The minimum absolute atomic E-state index is 0.179. The molecule has 0 saturated carbocycles. The molecule has 0 saturated heterocycles. The summed E-state index contributed by atoms with van der Waals surface area (Å²) in [6, 6.07) is 6.01. The standard InChI is InChI=1S/C13H21BrClN3/c1-17(2)6-7-18(3)13(9-16)11-8-10(15)4-5-12(11)14/h4-5,8,13H,6-7,9,16H2,1-3H3. The van der Waals surface area contributed by atoms with Gasteiger partial charge >= 0.3 is 0 Å². The Morgan fingerprint density at radius 2 is 1.94 bits per heavy atom. The number of halogens is 2. The van der Waals surface area contributed by atoms with Gasteiger partial charge in [-0.25, -0.2) is 0 Å². The van der Waals surface area contributed by atoms with Crippen LogP contribution in [0.3, 0.4) is 0 Å². The maximum absolute atomic E-state index is 6.06. The van der Waals surface area contributed by atoms with Crippen LogP contribution in [0.2, 0.25) is 5.02 Å². The molecule has 0 spiro atoms. The molecular formula is C13H21BrClN3. The zero-order valence-electron chi connectivity index (χ0n) is 11.2. The molecule has 3 nitrogen and oxygen atoms in total. The zero-order valence-corrected chi connectivity index (χ0v) is 13.5. The average molecular weight is 335 g/mol. The third-order valence-corrected chi connectivity index (χ3v) is 3.93. The summed E-state index contributed by atoms with van der Waals surface area (Å²) < 4.78 is 1.05. The number of rotatable bonds is 6. The first-order valence-corrected chi connectivity index (χ1v) is 7.12. The van der Waals surface area contributed by atoms with Crippen molar-refractivity contribution >= 4 is 27.5 Å². The second kappa shape index (κ2) is 7.46. The van der Waals surface area contributed by atoms with Gasteiger partial charge in [-0.05, 0) is 44.9 Å². The Bertz CT molecular complexity index is 384. The van der Waals surface area contributed by atoms with Gasteiger partial charge in [-0.15, -0.1) is 0 Å². The summed E-state index contributed by atoms with van der Waals surface area (Å²) in [5.74, 6) is 0. The molecule has 5 heteroatoms. The van der Waals surface area contributed by atoms with Gasteiger partial charge in [-0.2, -0.15) is 0 Å². The van der Waals surface area contributed by atoms with Crippen molar-refractivity contribution in [3.63, 3.8) is 0 Å². The normalized spacial score (nSPS) is 13.3. The topological polar surface area (TPSA) is 32.5 Å². The Balaban J connectivity index is 2.84. The van der Waals surface area contributed by atoms with E-state index in [1.54, 1.807) is 0 Å². The lowest BCUT2D eigenvalue weighted by molar-refractivity contribution is 0.222. The van der Waals surface area contributed by atoms with Crippen molar-refractivity contribution in [2.24, 2.45) is 5.73 Å². The van der Waals surface area contributed by atoms with Gasteiger partial charge in [0.15, 0.2) is 0 Å². The molecule has 0 bridgehead atoms. The minimum Gasteiger partial charge on any atom is -0.329 e. The Kier molecular flexibility index (Phi) is 6.60. The molecule has 1 atom stereocenters. The molecule has 0 fully saturated rings. The highest BCUT2D eigenvalue weighted by molar-refractivity contribution is 9.10. The smallest absolute Gasteiger partial charge is 0.0479 e. The van der Waals surface area contributed by atoms with Crippen LogP contribution in [0, 0.1) is 0 Å². The molecule has 102 valence electrons. The van der Waals surface area contributed by atoms with E-state index in [4.69, 9.17) is 17.3 Å². The predicted molar refractivity (Wildman–Crippen MR) is 82.1 cm³/mol. The van der Waals surface area contributed by atoms with E-state index in [1.165, 1.54) is 0 Å². The highest BCUT2D eigenvalue weighted by Crippen LogP contribution is 2.29. The van der Waals surface area contributed by atoms with Gasteiger partial charge in [-0.3, -0.25) is 4.90 Å². The maximum atomic E-state index is 6.06. The third kappa shape index (κ3) is 4.52. The molecule has 0 aliphatic carbocycles. The molecule has 0 amide bonds. The number of nitrogens with two attached hydrogens (primary N) is 1. The third-order valence-electron chi connectivity index (χ3n) is 2.97. The second-order valence-corrected chi connectivity index (χ2v) is 5.99.